The molecule has 0 fully saturated rings. The Balaban J connectivity index is 0.00000529. The maximum atomic E-state index is 12.7. The first kappa shape index (κ1) is 23.2. The monoisotopic (exact) mass is 388 g/mol. The van der Waals surface area contributed by atoms with Gasteiger partial charge in [-0.15, -0.1) is 12.4 Å². The minimum atomic E-state index is -4.50. The molecule has 140 valence electrons. The number of nitrogens with two attached hydrogens (primary N) is 1. The first-order chi connectivity index (χ1) is 10.4. The van der Waals surface area contributed by atoms with Gasteiger partial charge in [0.05, 0.1) is 11.3 Å². The summed E-state index contributed by atoms with van der Waals surface area (Å²) in [6.45, 7) is 5.67. The number of rotatable bonds is 7. The van der Waals surface area contributed by atoms with E-state index in [4.69, 9.17) is 5.73 Å². The topological polar surface area (TPSA) is 72.2 Å². The fourth-order valence-electron chi connectivity index (χ4n) is 2.54. The van der Waals surface area contributed by atoms with Gasteiger partial charge in [0.1, 0.15) is 0 Å². The third-order valence-electron chi connectivity index (χ3n) is 3.32. The Kier molecular flexibility index (Phi) is 8.22. The highest BCUT2D eigenvalue weighted by molar-refractivity contribution is 7.88. The standard InChI is InChI=1S/C15H23F3N2O2S.ClH/c1-11(2)8-14(3,10-19)20-23(21,22)9-12-5-4-6-13(7-12)15(16,17)18;/h4-7,11,20H,8-10,19H2,1-3H3;1H. The summed E-state index contributed by atoms with van der Waals surface area (Å²) in [4.78, 5) is 0. The van der Waals surface area contributed by atoms with Gasteiger partial charge >= 0.3 is 6.18 Å². The minimum absolute atomic E-state index is 0. The lowest BCUT2D eigenvalue weighted by Gasteiger charge is -2.30. The molecule has 0 bridgehead atoms. The Labute approximate surface area is 147 Å². The summed E-state index contributed by atoms with van der Waals surface area (Å²) >= 11 is 0. The van der Waals surface area contributed by atoms with Crippen LogP contribution in [-0.2, 0) is 22.0 Å². The van der Waals surface area contributed by atoms with Crippen LogP contribution in [0.25, 0.3) is 0 Å². The molecule has 0 aliphatic carbocycles. The molecule has 4 nitrogen and oxygen atoms in total. The van der Waals surface area contributed by atoms with Crippen LogP contribution in [0.15, 0.2) is 24.3 Å². The van der Waals surface area contributed by atoms with Crippen molar-refractivity contribution in [2.24, 2.45) is 11.7 Å². The van der Waals surface area contributed by atoms with Crippen LogP contribution in [0.2, 0.25) is 0 Å². The zero-order chi connectivity index (χ0) is 17.9. The summed E-state index contributed by atoms with van der Waals surface area (Å²) in [6, 6.07) is 4.31. The molecule has 0 saturated heterocycles. The molecule has 1 atom stereocenters. The van der Waals surface area contributed by atoms with Gasteiger partial charge in [0.25, 0.3) is 0 Å². The van der Waals surface area contributed by atoms with Gasteiger partial charge in [-0.1, -0.05) is 32.0 Å². The third-order valence-corrected chi connectivity index (χ3v) is 4.84. The third kappa shape index (κ3) is 7.38. The smallest absolute Gasteiger partial charge is 0.329 e. The fourth-order valence-corrected chi connectivity index (χ4v) is 4.14. The van der Waals surface area contributed by atoms with E-state index in [9.17, 15) is 21.6 Å². The van der Waals surface area contributed by atoms with Crippen LogP contribution in [0, 0.1) is 5.92 Å². The van der Waals surface area contributed by atoms with Gasteiger partial charge in [-0.05, 0) is 30.9 Å². The first-order valence-corrected chi connectivity index (χ1v) is 8.90. The van der Waals surface area contributed by atoms with Crippen molar-refractivity contribution in [3.8, 4) is 0 Å². The highest BCUT2D eigenvalue weighted by atomic mass is 35.5. The van der Waals surface area contributed by atoms with Crippen molar-refractivity contribution in [1.82, 2.24) is 4.72 Å². The molecule has 3 N–H and O–H groups in total. The number of benzene rings is 1. The van der Waals surface area contributed by atoms with Gasteiger partial charge in [-0.3, -0.25) is 0 Å². The van der Waals surface area contributed by atoms with Crippen LogP contribution in [-0.4, -0.2) is 20.5 Å². The lowest BCUT2D eigenvalue weighted by molar-refractivity contribution is -0.137. The largest absolute Gasteiger partial charge is 0.416 e. The Morgan fingerprint density at radius 2 is 1.83 bits per heavy atom. The minimum Gasteiger partial charge on any atom is -0.329 e. The normalized spacial score (nSPS) is 15.0. The second-order valence-electron chi connectivity index (χ2n) is 6.42. The lowest BCUT2D eigenvalue weighted by atomic mass is 9.92. The molecule has 1 aromatic rings. The van der Waals surface area contributed by atoms with Crippen LogP contribution in [0.3, 0.4) is 0 Å². The van der Waals surface area contributed by atoms with Crippen molar-refractivity contribution in [3.05, 3.63) is 35.4 Å². The van der Waals surface area contributed by atoms with Gasteiger partial charge in [0, 0.05) is 12.1 Å². The van der Waals surface area contributed by atoms with Crippen molar-refractivity contribution >= 4 is 22.4 Å². The van der Waals surface area contributed by atoms with Crippen molar-refractivity contribution in [1.29, 1.82) is 0 Å². The van der Waals surface area contributed by atoms with Crippen LogP contribution in [0.5, 0.6) is 0 Å². The van der Waals surface area contributed by atoms with Crippen molar-refractivity contribution in [2.45, 2.75) is 44.7 Å². The molecular weight excluding hydrogens is 365 g/mol. The maximum absolute atomic E-state index is 12.7. The lowest BCUT2D eigenvalue weighted by Crippen LogP contribution is -2.52. The van der Waals surface area contributed by atoms with E-state index in [1.165, 1.54) is 12.1 Å². The van der Waals surface area contributed by atoms with E-state index in [0.29, 0.717) is 6.42 Å². The summed E-state index contributed by atoms with van der Waals surface area (Å²) in [5.74, 6) is -0.301. The molecule has 0 aromatic heterocycles. The second-order valence-corrected chi connectivity index (χ2v) is 8.14. The molecule has 0 spiro atoms. The Bertz CT molecular complexity index is 636. The number of hydrogen-bond donors (Lipinski definition) is 2. The Hall–Kier alpha value is -0.830. The first-order valence-electron chi connectivity index (χ1n) is 7.25. The van der Waals surface area contributed by atoms with E-state index in [1.54, 1.807) is 6.92 Å². The van der Waals surface area contributed by atoms with Crippen molar-refractivity contribution in [3.63, 3.8) is 0 Å². The van der Waals surface area contributed by atoms with E-state index >= 15 is 0 Å². The van der Waals surface area contributed by atoms with Crippen molar-refractivity contribution < 1.29 is 21.6 Å². The SMILES string of the molecule is CC(C)CC(C)(CN)NS(=O)(=O)Cc1cccc(C(F)(F)F)c1.Cl. The molecule has 0 amide bonds. The van der Waals surface area contributed by atoms with Crippen LogP contribution < -0.4 is 10.5 Å². The molecule has 0 aliphatic heterocycles. The summed E-state index contributed by atoms with van der Waals surface area (Å²) in [6.07, 6.45) is -3.97. The summed E-state index contributed by atoms with van der Waals surface area (Å²) in [7, 11) is -3.81. The molecule has 24 heavy (non-hydrogen) atoms. The zero-order valence-corrected chi connectivity index (χ0v) is 15.5. The second kappa shape index (κ2) is 8.51. The number of halogens is 4. The molecule has 0 aliphatic rings. The predicted molar refractivity (Wildman–Crippen MR) is 91.4 cm³/mol. The highest BCUT2D eigenvalue weighted by Crippen LogP contribution is 2.30. The van der Waals surface area contributed by atoms with Gasteiger partial charge in [0.15, 0.2) is 0 Å². The number of nitrogens with one attached hydrogen (secondary N) is 1. The molecule has 1 aromatic carbocycles. The predicted octanol–water partition coefficient (Wildman–Crippen LogP) is 3.31. The number of alkyl halides is 3. The van der Waals surface area contributed by atoms with Crippen LogP contribution >= 0.6 is 12.4 Å². The number of sulfonamides is 1. The average molecular weight is 389 g/mol. The maximum Gasteiger partial charge on any atom is 0.416 e. The highest BCUT2D eigenvalue weighted by Gasteiger charge is 2.32. The van der Waals surface area contributed by atoms with Crippen LogP contribution in [0.4, 0.5) is 13.2 Å². The number of hydrogen-bond acceptors (Lipinski definition) is 3. The molecule has 0 saturated carbocycles. The van der Waals surface area contributed by atoms with Gasteiger partial charge in [-0.25, -0.2) is 13.1 Å². The van der Waals surface area contributed by atoms with Gasteiger partial charge in [0.2, 0.25) is 10.0 Å². The van der Waals surface area contributed by atoms with E-state index in [-0.39, 0.29) is 30.4 Å². The Morgan fingerprint density at radius 3 is 2.29 bits per heavy atom. The molecule has 0 heterocycles. The average Bonchev–Trinajstić information content (AvgIpc) is 2.35. The van der Waals surface area contributed by atoms with E-state index in [2.05, 4.69) is 4.72 Å². The molecule has 9 heteroatoms. The van der Waals surface area contributed by atoms with Crippen molar-refractivity contribution in [2.75, 3.05) is 6.54 Å². The summed E-state index contributed by atoms with van der Waals surface area (Å²) < 4.78 is 65.1. The molecule has 1 unspecified atom stereocenters. The summed E-state index contributed by atoms with van der Waals surface area (Å²) in [5.41, 5.74) is 4.05. The summed E-state index contributed by atoms with van der Waals surface area (Å²) in [5, 5.41) is 0. The quantitative estimate of drug-likeness (QED) is 0.752. The van der Waals surface area contributed by atoms with E-state index < -0.39 is 33.1 Å². The molecule has 0 radical (unpaired) electrons. The van der Waals surface area contributed by atoms with E-state index in [0.717, 1.165) is 12.1 Å². The van der Waals surface area contributed by atoms with E-state index in [1.807, 2.05) is 13.8 Å². The fraction of sp³-hybridized carbons (Fsp3) is 0.600. The van der Waals surface area contributed by atoms with Gasteiger partial charge < -0.3 is 5.73 Å². The molecular formula is C15H24ClF3N2O2S. The Morgan fingerprint density at radius 1 is 1.25 bits per heavy atom. The van der Waals surface area contributed by atoms with Gasteiger partial charge in [-0.2, -0.15) is 13.2 Å². The zero-order valence-electron chi connectivity index (χ0n) is 13.9. The molecule has 1 rings (SSSR count). The van der Waals surface area contributed by atoms with Crippen LogP contribution in [0.1, 0.15) is 38.3 Å².